The van der Waals surface area contributed by atoms with Gasteiger partial charge in [0.25, 0.3) is 0 Å². The predicted octanol–water partition coefficient (Wildman–Crippen LogP) is 2.42. The van der Waals surface area contributed by atoms with E-state index in [1.807, 2.05) is 13.8 Å². The van der Waals surface area contributed by atoms with E-state index in [1.165, 1.54) is 30.5 Å². The SMILES string of the molecule is Cc1noc(C)c1CN1C2CC1CN(c1cc(C3CC3)ncn1)C2. The molecule has 0 amide bonds. The maximum atomic E-state index is 5.31. The minimum absolute atomic E-state index is 0.608. The number of aryl methyl sites for hydroxylation is 2. The minimum Gasteiger partial charge on any atom is -0.361 e. The Kier molecular flexibility index (Phi) is 3.16. The van der Waals surface area contributed by atoms with Gasteiger partial charge in [0.05, 0.1) is 5.69 Å². The summed E-state index contributed by atoms with van der Waals surface area (Å²) in [5.41, 5.74) is 3.52. The van der Waals surface area contributed by atoms with Crippen LogP contribution >= 0.6 is 0 Å². The maximum Gasteiger partial charge on any atom is 0.138 e. The van der Waals surface area contributed by atoms with Gasteiger partial charge in [-0.25, -0.2) is 9.97 Å². The number of piperazine rings is 1. The molecule has 3 aliphatic heterocycles. The topological polar surface area (TPSA) is 58.3 Å². The molecule has 0 aromatic carbocycles. The van der Waals surface area contributed by atoms with Crippen molar-refractivity contribution in [2.75, 3.05) is 18.0 Å². The highest BCUT2D eigenvalue weighted by atomic mass is 16.5. The highest BCUT2D eigenvalue weighted by Gasteiger charge is 2.45. The van der Waals surface area contributed by atoms with Gasteiger partial charge in [-0.1, -0.05) is 5.16 Å². The van der Waals surface area contributed by atoms with Gasteiger partial charge in [-0.15, -0.1) is 0 Å². The molecule has 6 rings (SSSR count). The van der Waals surface area contributed by atoms with Gasteiger partial charge in [0.15, 0.2) is 0 Å². The lowest BCUT2D eigenvalue weighted by molar-refractivity contribution is -0.00912. The summed E-state index contributed by atoms with van der Waals surface area (Å²) < 4.78 is 5.31. The van der Waals surface area contributed by atoms with Crippen LogP contribution in [0.15, 0.2) is 16.9 Å². The lowest BCUT2D eigenvalue weighted by atomic mass is 9.86. The summed E-state index contributed by atoms with van der Waals surface area (Å²) in [6.45, 7) is 7.12. The minimum atomic E-state index is 0.608. The lowest BCUT2D eigenvalue weighted by Crippen LogP contribution is -2.68. The Bertz CT molecular complexity index is 737. The van der Waals surface area contributed by atoms with Crippen molar-refractivity contribution in [1.29, 1.82) is 0 Å². The first kappa shape index (κ1) is 14.4. The average molecular weight is 325 g/mol. The highest BCUT2D eigenvalue weighted by molar-refractivity contribution is 5.43. The van der Waals surface area contributed by atoms with E-state index in [-0.39, 0.29) is 0 Å². The second-order valence-corrected chi connectivity index (χ2v) is 7.50. The fourth-order valence-electron chi connectivity index (χ4n) is 4.18. The fraction of sp³-hybridized carbons (Fsp3) is 0.611. The first-order valence-electron chi connectivity index (χ1n) is 8.93. The summed E-state index contributed by atoms with van der Waals surface area (Å²) in [5, 5.41) is 4.09. The van der Waals surface area contributed by atoms with Crippen molar-refractivity contribution in [2.24, 2.45) is 0 Å². The van der Waals surface area contributed by atoms with E-state index < -0.39 is 0 Å². The Morgan fingerprint density at radius 1 is 1.17 bits per heavy atom. The van der Waals surface area contributed by atoms with E-state index >= 15 is 0 Å². The zero-order chi connectivity index (χ0) is 16.3. The van der Waals surface area contributed by atoms with Crippen molar-refractivity contribution in [2.45, 2.75) is 57.7 Å². The summed E-state index contributed by atoms with van der Waals surface area (Å²) in [4.78, 5) is 14.0. The van der Waals surface area contributed by atoms with Crippen molar-refractivity contribution >= 4 is 5.82 Å². The van der Waals surface area contributed by atoms with Crippen LogP contribution in [-0.2, 0) is 6.54 Å². The number of rotatable bonds is 4. The third kappa shape index (κ3) is 2.32. The van der Waals surface area contributed by atoms with Crippen LogP contribution in [0.3, 0.4) is 0 Å². The second kappa shape index (κ2) is 5.28. The van der Waals surface area contributed by atoms with E-state index in [9.17, 15) is 0 Å². The van der Waals surface area contributed by atoms with Crippen LogP contribution in [0.1, 0.15) is 47.9 Å². The normalized spacial score (nSPS) is 26.5. The summed E-state index contributed by atoms with van der Waals surface area (Å²) >= 11 is 0. The molecule has 0 N–H and O–H groups in total. The fourth-order valence-corrected chi connectivity index (χ4v) is 4.18. The summed E-state index contributed by atoms with van der Waals surface area (Å²) in [7, 11) is 0. The molecule has 0 spiro atoms. The number of piperidine rings is 1. The summed E-state index contributed by atoms with van der Waals surface area (Å²) in [5.74, 6) is 2.75. The number of aromatic nitrogens is 3. The number of hydrogen-bond donors (Lipinski definition) is 0. The van der Waals surface area contributed by atoms with Crippen molar-refractivity contribution < 1.29 is 4.52 Å². The quantitative estimate of drug-likeness (QED) is 0.860. The van der Waals surface area contributed by atoms with Crippen molar-refractivity contribution in [1.82, 2.24) is 20.0 Å². The molecule has 1 saturated carbocycles. The average Bonchev–Trinajstić information content (AvgIpc) is 3.41. The van der Waals surface area contributed by atoms with Crippen LogP contribution < -0.4 is 4.90 Å². The molecule has 6 heteroatoms. The Morgan fingerprint density at radius 3 is 2.62 bits per heavy atom. The zero-order valence-electron chi connectivity index (χ0n) is 14.3. The molecule has 5 heterocycles. The first-order valence-corrected chi connectivity index (χ1v) is 8.93. The largest absolute Gasteiger partial charge is 0.361 e. The van der Waals surface area contributed by atoms with E-state index in [0.717, 1.165) is 36.9 Å². The van der Waals surface area contributed by atoms with E-state index in [1.54, 1.807) is 6.33 Å². The maximum absolute atomic E-state index is 5.31. The van der Waals surface area contributed by atoms with Gasteiger partial charge in [0.1, 0.15) is 17.9 Å². The summed E-state index contributed by atoms with van der Waals surface area (Å²) in [6.07, 6.45) is 5.60. The van der Waals surface area contributed by atoms with E-state index in [0.29, 0.717) is 18.0 Å². The Balaban J connectivity index is 1.29. The Labute approximate surface area is 141 Å². The van der Waals surface area contributed by atoms with Gasteiger partial charge < -0.3 is 9.42 Å². The van der Waals surface area contributed by atoms with Crippen LogP contribution in [-0.4, -0.2) is 45.2 Å². The van der Waals surface area contributed by atoms with Gasteiger partial charge >= 0.3 is 0 Å². The molecule has 2 unspecified atom stereocenters. The van der Waals surface area contributed by atoms with Crippen LogP contribution in [0.4, 0.5) is 5.82 Å². The first-order chi connectivity index (χ1) is 11.7. The number of hydrogen-bond acceptors (Lipinski definition) is 6. The molecule has 4 fully saturated rings. The molecule has 2 aromatic heterocycles. The molecule has 2 aromatic rings. The molecule has 3 saturated heterocycles. The molecule has 0 radical (unpaired) electrons. The monoisotopic (exact) mass is 325 g/mol. The molecule has 2 atom stereocenters. The smallest absolute Gasteiger partial charge is 0.138 e. The molecule has 24 heavy (non-hydrogen) atoms. The van der Waals surface area contributed by atoms with Gasteiger partial charge in [-0.05, 0) is 33.1 Å². The van der Waals surface area contributed by atoms with Gasteiger partial charge in [0, 0.05) is 55.0 Å². The van der Waals surface area contributed by atoms with Crippen molar-refractivity contribution in [3.63, 3.8) is 0 Å². The molecule has 2 bridgehead atoms. The molecule has 126 valence electrons. The van der Waals surface area contributed by atoms with Crippen LogP contribution in [0.2, 0.25) is 0 Å². The third-order valence-electron chi connectivity index (χ3n) is 5.86. The number of anilines is 1. The molecular formula is C18H23N5O. The van der Waals surface area contributed by atoms with Crippen LogP contribution in [0, 0.1) is 13.8 Å². The Hall–Kier alpha value is -1.95. The predicted molar refractivity (Wildman–Crippen MR) is 89.9 cm³/mol. The summed E-state index contributed by atoms with van der Waals surface area (Å²) in [6, 6.07) is 3.43. The van der Waals surface area contributed by atoms with Crippen LogP contribution in [0.5, 0.6) is 0 Å². The van der Waals surface area contributed by atoms with Crippen LogP contribution in [0.25, 0.3) is 0 Å². The number of nitrogens with zero attached hydrogens (tertiary/aromatic N) is 5. The van der Waals surface area contributed by atoms with Gasteiger partial charge in [-0.2, -0.15) is 0 Å². The van der Waals surface area contributed by atoms with E-state index in [4.69, 9.17) is 4.52 Å². The third-order valence-corrected chi connectivity index (χ3v) is 5.86. The number of fused-ring (bicyclic) bond motifs is 2. The molecule has 6 nitrogen and oxygen atoms in total. The molecular weight excluding hydrogens is 302 g/mol. The zero-order valence-corrected chi connectivity index (χ0v) is 14.3. The molecule has 4 aliphatic rings. The van der Waals surface area contributed by atoms with Gasteiger partial charge in [-0.3, -0.25) is 4.90 Å². The van der Waals surface area contributed by atoms with Crippen molar-refractivity contribution in [3.05, 3.63) is 35.1 Å². The molecule has 1 aliphatic carbocycles. The highest BCUT2D eigenvalue weighted by Crippen LogP contribution is 2.40. The Morgan fingerprint density at radius 2 is 1.96 bits per heavy atom. The van der Waals surface area contributed by atoms with Gasteiger partial charge in [0.2, 0.25) is 0 Å². The lowest BCUT2D eigenvalue weighted by Gasteiger charge is -2.56. The van der Waals surface area contributed by atoms with Crippen molar-refractivity contribution in [3.8, 4) is 0 Å². The second-order valence-electron chi connectivity index (χ2n) is 7.50. The van der Waals surface area contributed by atoms with E-state index in [2.05, 4.69) is 31.0 Å². The standard InChI is InChI=1S/C18H23N5O/c1-11-16(12(2)24-21-11)9-23-14-5-15(23)8-22(7-14)18-6-17(13-3-4-13)19-10-20-18/h6,10,13-15H,3-5,7-9H2,1-2H3.